The van der Waals surface area contributed by atoms with E-state index in [1.165, 1.54) is 0 Å². The van der Waals surface area contributed by atoms with Crippen LogP contribution in [-0.2, 0) is 0 Å². The zero-order valence-corrected chi connectivity index (χ0v) is 13.7. The minimum absolute atomic E-state index is 0.342. The largest absolute Gasteiger partial charge is 0.496 e. The van der Waals surface area contributed by atoms with Crippen molar-refractivity contribution in [2.75, 3.05) is 7.11 Å². The number of ether oxygens (including phenoxy) is 2. The predicted molar refractivity (Wildman–Crippen MR) is 85.1 cm³/mol. The average Bonchev–Trinajstić information content (AvgIpc) is 2.46. The van der Waals surface area contributed by atoms with Crippen molar-refractivity contribution < 1.29 is 14.6 Å². The normalized spacial score (nSPS) is 20.6. The van der Waals surface area contributed by atoms with Gasteiger partial charge in [0.25, 0.3) is 0 Å². The molecular formula is C16H14BrClO3. The van der Waals surface area contributed by atoms with Crippen LogP contribution in [0.5, 0.6) is 11.5 Å². The van der Waals surface area contributed by atoms with Crippen molar-refractivity contribution in [2.45, 2.75) is 18.6 Å². The quantitative estimate of drug-likeness (QED) is 0.836. The van der Waals surface area contributed by atoms with Crippen molar-refractivity contribution in [1.29, 1.82) is 0 Å². The fourth-order valence-corrected chi connectivity index (χ4v) is 3.23. The number of benzene rings is 2. The third-order valence-electron chi connectivity index (χ3n) is 3.60. The fourth-order valence-electron chi connectivity index (χ4n) is 2.60. The maximum absolute atomic E-state index is 10.4. The SMILES string of the molecule is COc1cccc(Cl)c1C1C[C@@H](O)c2ccc(Br)cc2O1. The summed E-state index contributed by atoms with van der Waals surface area (Å²) in [6.45, 7) is 0. The molecule has 1 unspecified atom stereocenters. The molecule has 0 aromatic heterocycles. The van der Waals surface area contributed by atoms with Gasteiger partial charge in [0.15, 0.2) is 0 Å². The molecule has 0 bridgehead atoms. The first kappa shape index (κ1) is 14.7. The van der Waals surface area contributed by atoms with Gasteiger partial charge in [-0.2, -0.15) is 0 Å². The van der Waals surface area contributed by atoms with Crippen LogP contribution in [0.3, 0.4) is 0 Å². The molecule has 3 nitrogen and oxygen atoms in total. The third kappa shape index (κ3) is 2.76. The van der Waals surface area contributed by atoms with Gasteiger partial charge in [0.2, 0.25) is 0 Å². The number of rotatable bonds is 2. The number of fused-ring (bicyclic) bond motifs is 1. The number of methoxy groups -OCH3 is 1. The first-order valence-electron chi connectivity index (χ1n) is 6.56. The fraction of sp³-hybridized carbons (Fsp3) is 0.250. The standard InChI is InChI=1S/C16H14BrClO3/c1-20-13-4-2-3-11(18)16(13)15-8-12(19)10-6-5-9(17)7-14(10)21-15/h2-7,12,15,19H,8H2,1H3/t12-,15?/m1/s1. The van der Waals surface area contributed by atoms with Crippen LogP contribution in [0.25, 0.3) is 0 Å². The van der Waals surface area contributed by atoms with Gasteiger partial charge in [0, 0.05) is 16.5 Å². The Morgan fingerprint density at radius 1 is 1.33 bits per heavy atom. The summed E-state index contributed by atoms with van der Waals surface area (Å²) < 4.78 is 12.3. The van der Waals surface area contributed by atoms with Crippen LogP contribution < -0.4 is 9.47 Å². The van der Waals surface area contributed by atoms with Crippen molar-refractivity contribution in [3.63, 3.8) is 0 Å². The second-order valence-corrected chi connectivity index (χ2v) is 6.22. The third-order valence-corrected chi connectivity index (χ3v) is 4.42. The van der Waals surface area contributed by atoms with Crippen molar-refractivity contribution in [3.8, 4) is 11.5 Å². The predicted octanol–water partition coefficient (Wildman–Crippen LogP) is 4.67. The molecule has 0 saturated heterocycles. The van der Waals surface area contributed by atoms with Crippen LogP contribution in [0.4, 0.5) is 0 Å². The lowest BCUT2D eigenvalue weighted by atomic mass is 9.94. The van der Waals surface area contributed by atoms with E-state index >= 15 is 0 Å². The van der Waals surface area contributed by atoms with E-state index in [0.717, 1.165) is 15.6 Å². The number of aliphatic hydroxyl groups is 1. The van der Waals surface area contributed by atoms with Gasteiger partial charge in [-0.15, -0.1) is 0 Å². The molecular weight excluding hydrogens is 356 g/mol. The molecule has 1 heterocycles. The minimum atomic E-state index is -0.590. The molecule has 0 amide bonds. The lowest BCUT2D eigenvalue weighted by molar-refractivity contribution is 0.0645. The smallest absolute Gasteiger partial charge is 0.132 e. The van der Waals surface area contributed by atoms with Gasteiger partial charge in [-0.25, -0.2) is 0 Å². The Morgan fingerprint density at radius 3 is 2.90 bits per heavy atom. The highest BCUT2D eigenvalue weighted by Gasteiger charge is 2.31. The maximum Gasteiger partial charge on any atom is 0.132 e. The van der Waals surface area contributed by atoms with E-state index < -0.39 is 6.10 Å². The molecule has 2 aromatic rings. The molecule has 1 N–H and O–H groups in total. The van der Waals surface area contributed by atoms with Gasteiger partial charge in [-0.05, 0) is 24.3 Å². The van der Waals surface area contributed by atoms with Crippen LogP contribution in [0.15, 0.2) is 40.9 Å². The molecule has 2 aromatic carbocycles. The Labute approximate surface area is 136 Å². The second kappa shape index (κ2) is 5.87. The van der Waals surface area contributed by atoms with Crippen LogP contribution in [0, 0.1) is 0 Å². The summed E-state index contributed by atoms with van der Waals surface area (Å²) in [5.41, 5.74) is 1.56. The van der Waals surface area contributed by atoms with E-state index in [1.54, 1.807) is 13.2 Å². The molecule has 0 aliphatic carbocycles. The van der Waals surface area contributed by atoms with Gasteiger partial charge in [0.05, 0.1) is 23.8 Å². The number of aliphatic hydroxyl groups excluding tert-OH is 1. The van der Waals surface area contributed by atoms with E-state index in [4.69, 9.17) is 21.1 Å². The molecule has 0 radical (unpaired) electrons. The Balaban J connectivity index is 2.03. The summed E-state index contributed by atoms with van der Waals surface area (Å²) in [7, 11) is 1.60. The summed E-state index contributed by atoms with van der Waals surface area (Å²) in [6, 6.07) is 11.1. The lowest BCUT2D eigenvalue weighted by Crippen LogP contribution is -2.20. The van der Waals surface area contributed by atoms with E-state index in [1.807, 2.05) is 30.3 Å². The molecule has 1 aliphatic heterocycles. The average molecular weight is 370 g/mol. The molecule has 3 rings (SSSR count). The summed E-state index contributed by atoms with van der Waals surface area (Å²) in [4.78, 5) is 0. The minimum Gasteiger partial charge on any atom is -0.496 e. The molecule has 1 aliphatic rings. The van der Waals surface area contributed by atoms with E-state index in [0.29, 0.717) is 22.9 Å². The number of halogens is 2. The Morgan fingerprint density at radius 2 is 2.14 bits per heavy atom. The van der Waals surface area contributed by atoms with Crippen molar-refractivity contribution in [3.05, 3.63) is 57.0 Å². The van der Waals surface area contributed by atoms with Gasteiger partial charge in [0.1, 0.15) is 17.6 Å². The first-order chi connectivity index (χ1) is 10.1. The first-order valence-corrected chi connectivity index (χ1v) is 7.74. The molecule has 5 heteroatoms. The van der Waals surface area contributed by atoms with Gasteiger partial charge in [-0.3, -0.25) is 0 Å². The zero-order chi connectivity index (χ0) is 15.0. The summed E-state index contributed by atoms with van der Waals surface area (Å²) in [5.74, 6) is 1.33. The summed E-state index contributed by atoms with van der Waals surface area (Å²) in [5, 5.41) is 10.9. The van der Waals surface area contributed by atoms with E-state index in [-0.39, 0.29) is 6.10 Å². The second-order valence-electron chi connectivity index (χ2n) is 4.90. The number of hydrogen-bond donors (Lipinski definition) is 1. The van der Waals surface area contributed by atoms with Gasteiger partial charge in [-0.1, -0.05) is 39.7 Å². The highest BCUT2D eigenvalue weighted by atomic mass is 79.9. The zero-order valence-electron chi connectivity index (χ0n) is 11.3. The molecule has 0 fully saturated rings. The molecule has 110 valence electrons. The van der Waals surface area contributed by atoms with Crippen LogP contribution in [0.2, 0.25) is 5.02 Å². The maximum atomic E-state index is 10.4. The van der Waals surface area contributed by atoms with Crippen LogP contribution in [0.1, 0.15) is 29.8 Å². The lowest BCUT2D eigenvalue weighted by Gasteiger charge is -2.31. The topological polar surface area (TPSA) is 38.7 Å². The van der Waals surface area contributed by atoms with E-state index in [2.05, 4.69) is 15.9 Å². The van der Waals surface area contributed by atoms with Crippen LogP contribution >= 0.6 is 27.5 Å². The Kier molecular flexibility index (Phi) is 4.11. The summed E-state index contributed by atoms with van der Waals surface area (Å²) in [6.07, 6.45) is -0.493. The highest BCUT2D eigenvalue weighted by Crippen LogP contribution is 2.45. The van der Waals surface area contributed by atoms with Gasteiger partial charge >= 0.3 is 0 Å². The summed E-state index contributed by atoms with van der Waals surface area (Å²) >= 11 is 9.71. The van der Waals surface area contributed by atoms with Crippen molar-refractivity contribution >= 4 is 27.5 Å². The molecule has 0 spiro atoms. The molecule has 21 heavy (non-hydrogen) atoms. The molecule has 2 atom stereocenters. The van der Waals surface area contributed by atoms with Crippen molar-refractivity contribution in [1.82, 2.24) is 0 Å². The molecule has 0 saturated carbocycles. The Bertz CT molecular complexity index is 675. The van der Waals surface area contributed by atoms with E-state index in [9.17, 15) is 5.11 Å². The number of hydrogen-bond acceptors (Lipinski definition) is 3. The highest BCUT2D eigenvalue weighted by molar-refractivity contribution is 9.10. The van der Waals surface area contributed by atoms with Gasteiger partial charge < -0.3 is 14.6 Å². The van der Waals surface area contributed by atoms with Crippen molar-refractivity contribution in [2.24, 2.45) is 0 Å². The monoisotopic (exact) mass is 368 g/mol. The Hall–Kier alpha value is -1.23. The van der Waals surface area contributed by atoms with Crippen LogP contribution in [-0.4, -0.2) is 12.2 Å².